The van der Waals surface area contributed by atoms with E-state index < -0.39 is 0 Å². The third-order valence-electron chi connectivity index (χ3n) is 2.75. The topological polar surface area (TPSA) is 46.2 Å². The average molecular weight is 259 g/mol. The minimum absolute atomic E-state index is 0.0280. The molecule has 1 N–H and O–H groups in total. The summed E-state index contributed by atoms with van der Waals surface area (Å²) in [6.45, 7) is 9.74. The van der Waals surface area contributed by atoms with Crippen molar-refractivity contribution in [1.82, 2.24) is 5.32 Å². The van der Waals surface area contributed by atoms with Gasteiger partial charge in [-0.15, -0.1) is 0 Å². The molecule has 0 fully saturated rings. The van der Waals surface area contributed by atoms with Gasteiger partial charge in [0.1, 0.15) is 0 Å². The standard InChI is InChI=1S/C13H25NO2S/c1-6-10(4)7-17-8-12(16)14-13(9(2)3)11(5)15/h9-10,13H,6-8H2,1-5H3,(H,14,16). The molecule has 0 heterocycles. The van der Waals surface area contributed by atoms with Gasteiger partial charge in [-0.25, -0.2) is 0 Å². The number of thioether (sulfide) groups is 1. The van der Waals surface area contributed by atoms with Crippen molar-refractivity contribution in [3.05, 3.63) is 0 Å². The van der Waals surface area contributed by atoms with Crippen molar-refractivity contribution in [2.24, 2.45) is 11.8 Å². The summed E-state index contributed by atoms with van der Waals surface area (Å²) in [5.74, 6) is 2.22. The maximum atomic E-state index is 11.6. The number of rotatable bonds is 8. The molecule has 17 heavy (non-hydrogen) atoms. The van der Waals surface area contributed by atoms with Gasteiger partial charge in [-0.05, 0) is 24.5 Å². The Morgan fingerprint density at radius 2 is 1.82 bits per heavy atom. The van der Waals surface area contributed by atoms with E-state index >= 15 is 0 Å². The normalized spacial score (nSPS) is 14.5. The molecule has 2 atom stereocenters. The van der Waals surface area contributed by atoms with Crippen LogP contribution < -0.4 is 5.32 Å². The van der Waals surface area contributed by atoms with Crippen molar-refractivity contribution in [2.45, 2.75) is 47.1 Å². The van der Waals surface area contributed by atoms with Crippen LogP contribution in [0.1, 0.15) is 41.0 Å². The van der Waals surface area contributed by atoms with Crippen molar-refractivity contribution < 1.29 is 9.59 Å². The summed E-state index contributed by atoms with van der Waals surface area (Å²) in [6.07, 6.45) is 1.14. The predicted molar refractivity (Wildman–Crippen MR) is 74.2 cm³/mol. The van der Waals surface area contributed by atoms with Crippen LogP contribution in [0.3, 0.4) is 0 Å². The van der Waals surface area contributed by atoms with E-state index in [4.69, 9.17) is 0 Å². The van der Waals surface area contributed by atoms with Crippen LogP contribution in [-0.4, -0.2) is 29.2 Å². The Labute approximate surface area is 109 Å². The Bertz CT molecular complexity index is 254. The molecule has 3 nitrogen and oxygen atoms in total. The van der Waals surface area contributed by atoms with Crippen molar-refractivity contribution in [2.75, 3.05) is 11.5 Å². The largest absolute Gasteiger partial charge is 0.345 e. The summed E-state index contributed by atoms with van der Waals surface area (Å²) in [5, 5.41) is 2.80. The quantitative estimate of drug-likeness (QED) is 0.728. The van der Waals surface area contributed by atoms with Gasteiger partial charge < -0.3 is 5.32 Å². The van der Waals surface area contributed by atoms with E-state index in [9.17, 15) is 9.59 Å². The molecule has 0 radical (unpaired) electrons. The van der Waals surface area contributed by atoms with E-state index in [1.165, 1.54) is 6.92 Å². The first-order valence-corrected chi connectivity index (χ1v) is 7.41. The third kappa shape index (κ3) is 7.42. The van der Waals surface area contributed by atoms with Gasteiger partial charge >= 0.3 is 0 Å². The van der Waals surface area contributed by atoms with Gasteiger partial charge in [0.25, 0.3) is 0 Å². The fourth-order valence-corrected chi connectivity index (χ4v) is 2.45. The summed E-state index contributed by atoms with van der Waals surface area (Å²) in [5.41, 5.74) is 0. The van der Waals surface area contributed by atoms with Gasteiger partial charge in [-0.2, -0.15) is 11.8 Å². The maximum absolute atomic E-state index is 11.6. The van der Waals surface area contributed by atoms with Crippen LogP contribution in [-0.2, 0) is 9.59 Å². The lowest BCUT2D eigenvalue weighted by Gasteiger charge is -2.19. The van der Waals surface area contributed by atoms with Crippen LogP contribution >= 0.6 is 11.8 Å². The van der Waals surface area contributed by atoms with Gasteiger partial charge in [0, 0.05) is 0 Å². The highest BCUT2D eigenvalue weighted by molar-refractivity contribution is 7.99. The summed E-state index contributed by atoms with van der Waals surface area (Å²) >= 11 is 1.64. The number of nitrogens with one attached hydrogen (secondary N) is 1. The molecule has 0 rings (SSSR count). The zero-order chi connectivity index (χ0) is 13.4. The maximum Gasteiger partial charge on any atom is 0.230 e. The number of hydrogen-bond donors (Lipinski definition) is 1. The molecule has 0 saturated heterocycles. The molecule has 0 aliphatic heterocycles. The monoisotopic (exact) mass is 259 g/mol. The van der Waals surface area contributed by atoms with Crippen LogP contribution in [0.25, 0.3) is 0 Å². The molecule has 0 aromatic rings. The van der Waals surface area contributed by atoms with E-state index in [1.54, 1.807) is 11.8 Å². The van der Waals surface area contributed by atoms with Gasteiger partial charge in [0.2, 0.25) is 5.91 Å². The lowest BCUT2D eigenvalue weighted by molar-refractivity contribution is -0.126. The van der Waals surface area contributed by atoms with Crippen molar-refractivity contribution in [3.63, 3.8) is 0 Å². The van der Waals surface area contributed by atoms with E-state index in [0.29, 0.717) is 11.7 Å². The molecule has 0 bridgehead atoms. The fraction of sp³-hybridized carbons (Fsp3) is 0.846. The van der Waals surface area contributed by atoms with Gasteiger partial charge in [-0.3, -0.25) is 9.59 Å². The van der Waals surface area contributed by atoms with E-state index in [2.05, 4.69) is 19.2 Å². The summed E-state index contributed by atoms with van der Waals surface area (Å²) in [7, 11) is 0. The first kappa shape index (κ1) is 16.5. The molecule has 0 aromatic heterocycles. The average Bonchev–Trinajstić information content (AvgIpc) is 2.24. The van der Waals surface area contributed by atoms with E-state index in [-0.39, 0.29) is 23.7 Å². The van der Waals surface area contributed by atoms with Crippen LogP contribution in [0.15, 0.2) is 0 Å². The summed E-state index contributed by atoms with van der Waals surface area (Å²) < 4.78 is 0. The lowest BCUT2D eigenvalue weighted by Crippen LogP contribution is -2.44. The van der Waals surface area contributed by atoms with Crippen LogP contribution in [0.5, 0.6) is 0 Å². The van der Waals surface area contributed by atoms with E-state index in [0.717, 1.165) is 12.2 Å². The highest BCUT2D eigenvalue weighted by Crippen LogP contribution is 2.11. The van der Waals surface area contributed by atoms with Crippen LogP contribution in [0.4, 0.5) is 0 Å². The van der Waals surface area contributed by atoms with Crippen molar-refractivity contribution >= 4 is 23.5 Å². The van der Waals surface area contributed by atoms with Crippen molar-refractivity contribution in [1.29, 1.82) is 0 Å². The Morgan fingerprint density at radius 3 is 2.24 bits per heavy atom. The molecule has 2 unspecified atom stereocenters. The smallest absolute Gasteiger partial charge is 0.230 e. The fourth-order valence-electron chi connectivity index (χ4n) is 1.42. The highest BCUT2D eigenvalue weighted by atomic mass is 32.2. The second-order valence-corrected chi connectivity index (χ2v) is 5.96. The Hall–Kier alpha value is -0.510. The second-order valence-electron chi connectivity index (χ2n) is 4.93. The highest BCUT2D eigenvalue weighted by Gasteiger charge is 2.20. The number of hydrogen-bond acceptors (Lipinski definition) is 3. The Kier molecular flexibility index (Phi) is 8.30. The molecule has 0 aliphatic rings. The number of carbonyl (C=O) groups is 2. The number of carbonyl (C=O) groups excluding carboxylic acids is 2. The zero-order valence-electron chi connectivity index (χ0n) is 11.6. The van der Waals surface area contributed by atoms with Crippen molar-refractivity contribution in [3.8, 4) is 0 Å². The SMILES string of the molecule is CCC(C)CSCC(=O)NC(C(C)=O)C(C)C. The summed E-state index contributed by atoms with van der Waals surface area (Å²) in [4.78, 5) is 23.0. The number of ketones is 1. The van der Waals surface area contributed by atoms with Crippen LogP contribution in [0, 0.1) is 11.8 Å². The molecule has 0 aliphatic carbocycles. The molecule has 0 aromatic carbocycles. The Balaban J connectivity index is 3.95. The molecule has 1 amide bonds. The first-order chi connectivity index (χ1) is 7.88. The molecular weight excluding hydrogens is 234 g/mol. The Morgan fingerprint density at radius 1 is 1.24 bits per heavy atom. The zero-order valence-corrected chi connectivity index (χ0v) is 12.4. The lowest BCUT2D eigenvalue weighted by atomic mass is 10.0. The van der Waals surface area contributed by atoms with Gasteiger partial charge in [0.15, 0.2) is 5.78 Å². The molecular formula is C13H25NO2S. The second kappa shape index (κ2) is 8.56. The molecule has 0 saturated carbocycles. The van der Waals surface area contributed by atoms with Crippen LogP contribution in [0.2, 0.25) is 0 Å². The molecule has 100 valence electrons. The minimum atomic E-state index is -0.341. The van der Waals surface area contributed by atoms with Gasteiger partial charge in [0.05, 0.1) is 11.8 Å². The van der Waals surface area contributed by atoms with E-state index in [1.807, 2.05) is 13.8 Å². The molecule has 0 spiro atoms. The predicted octanol–water partition coefficient (Wildman–Crippen LogP) is 2.50. The molecule has 4 heteroatoms. The minimum Gasteiger partial charge on any atom is -0.345 e. The van der Waals surface area contributed by atoms with Gasteiger partial charge in [-0.1, -0.05) is 34.1 Å². The number of Topliss-reactive ketones (excluding diaryl/α,β-unsaturated/α-hetero) is 1. The third-order valence-corrected chi connectivity index (χ3v) is 4.02. The summed E-state index contributed by atoms with van der Waals surface area (Å²) in [6, 6.07) is -0.341. The number of amides is 1. The first-order valence-electron chi connectivity index (χ1n) is 6.26.